The van der Waals surface area contributed by atoms with Crippen molar-refractivity contribution >= 4 is 11.8 Å². The first-order valence-electron chi connectivity index (χ1n) is 8.40. The average molecular weight is 318 g/mol. The molecular formula is C18H28N3O2+. The van der Waals surface area contributed by atoms with Crippen molar-refractivity contribution in [2.24, 2.45) is 5.92 Å². The number of piperazine rings is 1. The number of quaternary nitrogens is 1. The van der Waals surface area contributed by atoms with E-state index in [2.05, 4.69) is 29.6 Å². The van der Waals surface area contributed by atoms with E-state index in [1.807, 2.05) is 24.8 Å². The van der Waals surface area contributed by atoms with Gasteiger partial charge in [-0.15, -0.1) is 0 Å². The van der Waals surface area contributed by atoms with Gasteiger partial charge in [0.2, 0.25) is 11.8 Å². The zero-order valence-corrected chi connectivity index (χ0v) is 14.3. The number of carbonyl (C=O) groups excluding carboxylic acids is 2. The molecule has 1 saturated heterocycles. The van der Waals surface area contributed by atoms with Gasteiger partial charge in [0.25, 0.3) is 0 Å². The van der Waals surface area contributed by atoms with E-state index in [9.17, 15) is 9.59 Å². The summed E-state index contributed by atoms with van der Waals surface area (Å²) in [4.78, 5) is 27.4. The Hall–Kier alpha value is -1.88. The highest BCUT2D eigenvalue weighted by Gasteiger charge is 2.31. The molecule has 1 fully saturated rings. The van der Waals surface area contributed by atoms with E-state index >= 15 is 0 Å². The van der Waals surface area contributed by atoms with Crippen molar-refractivity contribution < 1.29 is 14.5 Å². The highest BCUT2D eigenvalue weighted by molar-refractivity contribution is 5.87. The molecule has 23 heavy (non-hydrogen) atoms. The van der Waals surface area contributed by atoms with Crippen LogP contribution in [-0.2, 0) is 16.1 Å². The fourth-order valence-electron chi connectivity index (χ4n) is 3.03. The van der Waals surface area contributed by atoms with E-state index in [0.29, 0.717) is 0 Å². The maximum absolute atomic E-state index is 12.6. The van der Waals surface area contributed by atoms with Gasteiger partial charge in [-0.3, -0.25) is 9.59 Å². The van der Waals surface area contributed by atoms with Gasteiger partial charge in [-0.05, 0) is 5.92 Å². The van der Waals surface area contributed by atoms with E-state index in [4.69, 9.17) is 0 Å². The summed E-state index contributed by atoms with van der Waals surface area (Å²) in [5, 5.41) is 2.79. The van der Waals surface area contributed by atoms with Crippen LogP contribution in [0.4, 0.5) is 0 Å². The first-order chi connectivity index (χ1) is 11.0. The Bertz CT molecular complexity index is 522. The summed E-state index contributed by atoms with van der Waals surface area (Å²) in [5.41, 5.74) is 1.33. The number of carbonyl (C=O) groups is 2. The Kier molecular flexibility index (Phi) is 6.16. The lowest BCUT2D eigenvalue weighted by Gasteiger charge is -2.35. The molecule has 0 bridgehead atoms. The monoisotopic (exact) mass is 318 g/mol. The van der Waals surface area contributed by atoms with Crippen LogP contribution in [-0.4, -0.2) is 48.9 Å². The van der Waals surface area contributed by atoms with Crippen LogP contribution >= 0.6 is 0 Å². The predicted octanol–water partition coefficient (Wildman–Crippen LogP) is 0.0744. The Morgan fingerprint density at radius 1 is 1.17 bits per heavy atom. The molecule has 0 aromatic heterocycles. The predicted molar refractivity (Wildman–Crippen MR) is 89.9 cm³/mol. The third kappa shape index (κ3) is 5.06. The second-order valence-electron chi connectivity index (χ2n) is 6.66. The standard InChI is InChI=1S/C18H27N3O2/c1-14(2)17(19-15(3)22)18(23)21-11-9-20(10-12-21)13-16-7-5-4-6-8-16/h4-8,14,17H,9-13H2,1-3H3,(H,19,22)/p+1/t17-/m1/s1. The quantitative estimate of drug-likeness (QED) is 0.807. The summed E-state index contributed by atoms with van der Waals surface area (Å²) in [6, 6.07) is 10.0. The van der Waals surface area contributed by atoms with Crippen molar-refractivity contribution in [1.82, 2.24) is 10.2 Å². The van der Waals surface area contributed by atoms with Crippen molar-refractivity contribution in [2.75, 3.05) is 26.2 Å². The third-order valence-corrected chi connectivity index (χ3v) is 4.37. The molecule has 1 heterocycles. The summed E-state index contributed by atoms with van der Waals surface area (Å²) >= 11 is 0. The van der Waals surface area contributed by atoms with Crippen LogP contribution in [0, 0.1) is 5.92 Å². The number of hydrogen-bond acceptors (Lipinski definition) is 2. The summed E-state index contributed by atoms with van der Waals surface area (Å²) < 4.78 is 0. The third-order valence-electron chi connectivity index (χ3n) is 4.37. The topological polar surface area (TPSA) is 53.9 Å². The van der Waals surface area contributed by atoms with E-state index in [1.54, 1.807) is 0 Å². The van der Waals surface area contributed by atoms with Gasteiger partial charge >= 0.3 is 0 Å². The number of amides is 2. The molecule has 0 unspecified atom stereocenters. The lowest BCUT2D eigenvalue weighted by atomic mass is 10.0. The van der Waals surface area contributed by atoms with Gasteiger partial charge in [-0.25, -0.2) is 0 Å². The van der Waals surface area contributed by atoms with Gasteiger partial charge in [-0.1, -0.05) is 44.2 Å². The highest BCUT2D eigenvalue weighted by atomic mass is 16.2. The SMILES string of the molecule is CC(=O)N[C@@H](C(=O)N1CC[NH+](Cc2ccccc2)CC1)C(C)C. The zero-order chi connectivity index (χ0) is 16.8. The van der Waals surface area contributed by atoms with Crippen molar-refractivity contribution in [3.63, 3.8) is 0 Å². The molecule has 2 amide bonds. The molecule has 1 atom stereocenters. The van der Waals surface area contributed by atoms with Crippen LogP contribution in [0.5, 0.6) is 0 Å². The Morgan fingerprint density at radius 3 is 2.30 bits per heavy atom. The van der Waals surface area contributed by atoms with Gasteiger partial charge < -0.3 is 15.1 Å². The van der Waals surface area contributed by atoms with Gasteiger partial charge in [0.15, 0.2) is 0 Å². The first kappa shape index (κ1) is 17.5. The van der Waals surface area contributed by atoms with Crippen molar-refractivity contribution in [3.05, 3.63) is 35.9 Å². The number of hydrogen-bond donors (Lipinski definition) is 2. The second-order valence-corrected chi connectivity index (χ2v) is 6.66. The maximum atomic E-state index is 12.6. The Balaban J connectivity index is 1.87. The van der Waals surface area contributed by atoms with Gasteiger partial charge in [-0.2, -0.15) is 0 Å². The van der Waals surface area contributed by atoms with Crippen molar-refractivity contribution in [3.8, 4) is 0 Å². The van der Waals surface area contributed by atoms with E-state index in [-0.39, 0.29) is 17.7 Å². The van der Waals surface area contributed by atoms with Gasteiger partial charge in [0.1, 0.15) is 12.6 Å². The zero-order valence-electron chi connectivity index (χ0n) is 14.3. The number of benzene rings is 1. The molecule has 1 aliphatic rings. The lowest BCUT2D eigenvalue weighted by molar-refractivity contribution is -0.917. The number of nitrogens with zero attached hydrogens (tertiary/aromatic N) is 1. The molecule has 126 valence electrons. The molecule has 1 aromatic rings. The fourth-order valence-corrected chi connectivity index (χ4v) is 3.03. The van der Waals surface area contributed by atoms with E-state index < -0.39 is 6.04 Å². The molecule has 1 aromatic carbocycles. The molecule has 1 aliphatic heterocycles. The summed E-state index contributed by atoms with van der Waals surface area (Å²) in [7, 11) is 0. The molecule has 0 saturated carbocycles. The fraction of sp³-hybridized carbons (Fsp3) is 0.556. The molecule has 5 heteroatoms. The summed E-state index contributed by atoms with van der Waals surface area (Å²) in [5.74, 6) is 0.000412. The van der Waals surface area contributed by atoms with Crippen LogP contribution in [0.1, 0.15) is 26.3 Å². The minimum Gasteiger partial charge on any atom is -0.344 e. The molecule has 0 radical (unpaired) electrons. The van der Waals surface area contributed by atoms with Gasteiger partial charge in [0.05, 0.1) is 26.2 Å². The van der Waals surface area contributed by atoms with Crippen molar-refractivity contribution in [2.45, 2.75) is 33.4 Å². The van der Waals surface area contributed by atoms with E-state index in [0.717, 1.165) is 32.7 Å². The molecule has 0 aliphatic carbocycles. The molecule has 2 N–H and O–H groups in total. The molecule has 0 spiro atoms. The first-order valence-corrected chi connectivity index (χ1v) is 8.40. The minimum absolute atomic E-state index is 0.0500. The minimum atomic E-state index is -0.414. The summed E-state index contributed by atoms with van der Waals surface area (Å²) in [6.07, 6.45) is 0. The van der Waals surface area contributed by atoms with Crippen LogP contribution in [0.15, 0.2) is 30.3 Å². The van der Waals surface area contributed by atoms with Crippen LogP contribution in [0.25, 0.3) is 0 Å². The van der Waals surface area contributed by atoms with Crippen LogP contribution < -0.4 is 10.2 Å². The van der Waals surface area contributed by atoms with Gasteiger partial charge in [0, 0.05) is 12.5 Å². The smallest absolute Gasteiger partial charge is 0.245 e. The lowest BCUT2D eigenvalue weighted by Crippen LogP contribution is -3.13. The Morgan fingerprint density at radius 2 is 1.78 bits per heavy atom. The molecule has 5 nitrogen and oxygen atoms in total. The van der Waals surface area contributed by atoms with Crippen LogP contribution in [0.3, 0.4) is 0 Å². The number of nitrogens with one attached hydrogen (secondary N) is 2. The summed E-state index contributed by atoms with van der Waals surface area (Å²) in [6.45, 7) is 9.81. The Labute approximate surface area is 138 Å². The largest absolute Gasteiger partial charge is 0.344 e. The van der Waals surface area contributed by atoms with Crippen molar-refractivity contribution in [1.29, 1.82) is 0 Å². The number of rotatable bonds is 5. The highest BCUT2D eigenvalue weighted by Crippen LogP contribution is 2.07. The van der Waals surface area contributed by atoms with E-state index in [1.165, 1.54) is 17.4 Å². The maximum Gasteiger partial charge on any atom is 0.245 e. The second kappa shape index (κ2) is 8.11. The normalized spacial score (nSPS) is 17.1. The average Bonchev–Trinajstić information content (AvgIpc) is 2.53. The van der Waals surface area contributed by atoms with Crippen LogP contribution in [0.2, 0.25) is 0 Å². The molecule has 2 rings (SSSR count). The molecular weight excluding hydrogens is 290 g/mol.